The van der Waals surface area contributed by atoms with Crippen LogP contribution < -0.4 is 5.73 Å². The molecule has 1 aromatic heterocycles. The van der Waals surface area contributed by atoms with Crippen LogP contribution in [0.1, 0.15) is 25.6 Å². The predicted molar refractivity (Wildman–Crippen MR) is 49.9 cm³/mol. The van der Waals surface area contributed by atoms with Gasteiger partial charge in [-0.2, -0.15) is 0 Å². The molecule has 12 heavy (non-hydrogen) atoms. The summed E-state index contributed by atoms with van der Waals surface area (Å²) in [6, 6.07) is 0. The van der Waals surface area contributed by atoms with E-state index in [0.29, 0.717) is 0 Å². The molecule has 0 aromatic carbocycles. The fraction of sp³-hybridized carbons (Fsp3) is 0.667. The van der Waals surface area contributed by atoms with Gasteiger partial charge in [0.15, 0.2) is 0 Å². The first kappa shape index (κ1) is 9.26. The second-order valence-electron chi connectivity index (χ2n) is 2.93. The van der Waals surface area contributed by atoms with Crippen LogP contribution >= 0.6 is 0 Å². The third-order valence-corrected chi connectivity index (χ3v) is 1.88. The average Bonchev–Trinajstić information content (AvgIpc) is 2.50. The molecule has 3 heteroatoms. The van der Waals surface area contributed by atoms with Crippen molar-refractivity contribution < 1.29 is 0 Å². The van der Waals surface area contributed by atoms with Crippen LogP contribution in [0.25, 0.3) is 0 Å². The molecule has 1 aromatic rings. The van der Waals surface area contributed by atoms with E-state index in [1.165, 1.54) is 5.82 Å². The molecule has 0 bridgehead atoms. The van der Waals surface area contributed by atoms with Crippen molar-refractivity contribution in [1.29, 1.82) is 0 Å². The number of hydrogen-bond acceptors (Lipinski definition) is 2. The molecule has 1 rings (SSSR count). The van der Waals surface area contributed by atoms with E-state index in [2.05, 4.69) is 16.5 Å². The molecule has 2 N–H and O–H groups in total. The average molecular weight is 167 g/mol. The Balaban J connectivity index is 2.51. The number of imidazole rings is 1. The number of nitrogens with two attached hydrogens (primary N) is 1. The molecule has 3 nitrogen and oxygen atoms in total. The topological polar surface area (TPSA) is 43.8 Å². The van der Waals surface area contributed by atoms with Crippen LogP contribution in [0, 0.1) is 0 Å². The van der Waals surface area contributed by atoms with Gasteiger partial charge in [-0.3, -0.25) is 0 Å². The normalized spacial score (nSPS) is 10.5. The van der Waals surface area contributed by atoms with Crippen molar-refractivity contribution in [3.63, 3.8) is 0 Å². The number of hydrogen-bond donors (Lipinski definition) is 1. The maximum atomic E-state index is 5.44. The fourth-order valence-corrected chi connectivity index (χ4v) is 1.26. The lowest BCUT2D eigenvalue weighted by atomic mass is 10.3. The van der Waals surface area contributed by atoms with Gasteiger partial charge in [0.1, 0.15) is 5.82 Å². The van der Waals surface area contributed by atoms with Crippen LogP contribution in [0.3, 0.4) is 0 Å². The lowest BCUT2D eigenvalue weighted by Gasteiger charge is -2.04. The van der Waals surface area contributed by atoms with Gasteiger partial charge in [0.2, 0.25) is 0 Å². The molecule has 0 fully saturated rings. The molecule has 0 unspecified atom stereocenters. The second-order valence-corrected chi connectivity index (χ2v) is 2.93. The Morgan fingerprint density at radius 2 is 2.42 bits per heavy atom. The Morgan fingerprint density at radius 1 is 1.58 bits per heavy atom. The quantitative estimate of drug-likeness (QED) is 0.715. The van der Waals surface area contributed by atoms with Crippen LogP contribution in [-0.2, 0) is 13.0 Å². The summed E-state index contributed by atoms with van der Waals surface area (Å²) in [5.74, 6) is 1.19. The Morgan fingerprint density at radius 3 is 3.08 bits per heavy atom. The molecule has 0 saturated carbocycles. The highest BCUT2D eigenvalue weighted by Gasteiger charge is 1.99. The van der Waals surface area contributed by atoms with Gasteiger partial charge in [0.05, 0.1) is 0 Å². The summed E-state index contributed by atoms with van der Waals surface area (Å²) < 4.78 is 2.19. The number of aromatic nitrogens is 2. The van der Waals surface area contributed by atoms with Crippen molar-refractivity contribution in [3.8, 4) is 0 Å². The minimum absolute atomic E-state index is 0.754. The Labute approximate surface area is 73.6 Å². The molecule has 1 heterocycles. The largest absolute Gasteiger partial charge is 0.335 e. The smallest absolute Gasteiger partial charge is 0.108 e. The first-order chi connectivity index (χ1) is 5.88. The summed E-state index contributed by atoms with van der Waals surface area (Å²) in [7, 11) is 0. The molecular weight excluding hydrogens is 150 g/mol. The minimum atomic E-state index is 0.754. The number of rotatable bonds is 5. The Hall–Kier alpha value is -0.830. The molecule has 0 radical (unpaired) electrons. The van der Waals surface area contributed by atoms with Gasteiger partial charge in [0.25, 0.3) is 0 Å². The van der Waals surface area contributed by atoms with E-state index < -0.39 is 0 Å². The number of nitrogens with zero attached hydrogens (tertiary/aromatic N) is 2. The summed E-state index contributed by atoms with van der Waals surface area (Å²) in [5.41, 5.74) is 5.44. The maximum absolute atomic E-state index is 5.44. The summed E-state index contributed by atoms with van der Waals surface area (Å²) >= 11 is 0. The molecule has 0 saturated heterocycles. The predicted octanol–water partition coefficient (Wildman–Crippen LogP) is 1.18. The number of aryl methyl sites for hydroxylation is 2. The summed E-state index contributed by atoms with van der Waals surface area (Å²) in [5, 5.41) is 0. The maximum Gasteiger partial charge on any atom is 0.108 e. The van der Waals surface area contributed by atoms with Crippen molar-refractivity contribution in [3.05, 3.63) is 18.2 Å². The minimum Gasteiger partial charge on any atom is -0.335 e. The summed E-state index contributed by atoms with van der Waals surface area (Å²) in [6.07, 6.45) is 7.15. The third kappa shape index (κ3) is 2.34. The van der Waals surface area contributed by atoms with Gasteiger partial charge in [-0.25, -0.2) is 4.98 Å². The standard InChI is InChI=1S/C9H17N3/c1-2-4-9-11-6-8-12(9)7-3-5-10/h6,8H,2-5,7,10H2,1H3. The van der Waals surface area contributed by atoms with E-state index in [1.54, 1.807) is 0 Å². The highest BCUT2D eigenvalue weighted by Crippen LogP contribution is 2.01. The van der Waals surface area contributed by atoms with Crippen LogP contribution in [-0.4, -0.2) is 16.1 Å². The summed E-state index contributed by atoms with van der Waals surface area (Å²) in [6.45, 7) is 3.93. The van der Waals surface area contributed by atoms with Crippen LogP contribution in [0.5, 0.6) is 0 Å². The van der Waals surface area contributed by atoms with E-state index in [9.17, 15) is 0 Å². The third-order valence-electron chi connectivity index (χ3n) is 1.88. The second kappa shape index (κ2) is 4.93. The van der Waals surface area contributed by atoms with Gasteiger partial charge in [-0.05, 0) is 19.4 Å². The lowest BCUT2D eigenvalue weighted by Crippen LogP contribution is -2.07. The fourth-order valence-electron chi connectivity index (χ4n) is 1.26. The van der Waals surface area contributed by atoms with Gasteiger partial charge < -0.3 is 10.3 Å². The van der Waals surface area contributed by atoms with Crippen molar-refractivity contribution in [2.24, 2.45) is 5.73 Å². The summed E-state index contributed by atoms with van der Waals surface area (Å²) in [4.78, 5) is 4.28. The van der Waals surface area contributed by atoms with E-state index in [4.69, 9.17) is 5.73 Å². The van der Waals surface area contributed by atoms with Gasteiger partial charge in [0, 0.05) is 25.4 Å². The van der Waals surface area contributed by atoms with Crippen molar-refractivity contribution in [1.82, 2.24) is 9.55 Å². The molecule has 0 atom stereocenters. The van der Waals surface area contributed by atoms with Gasteiger partial charge >= 0.3 is 0 Å². The monoisotopic (exact) mass is 167 g/mol. The van der Waals surface area contributed by atoms with Crippen molar-refractivity contribution >= 4 is 0 Å². The van der Waals surface area contributed by atoms with Gasteiger partial charge in [-0.1, -0.05) is 6.92 Å². The van der Waals surface area contributed by atoms with E-state index in [0.717, 1.165) is 32.4 Å². The zero-order valence-corrected chi connectivity index (χ0v) is 7.66. The van der Waals surface area contributed by atoms with Crippen molar-refractivity contribution in [2.75, 3.05) is 6.54 Å². The van der Waals surface area contributed by atoms with Crippen LogP contribution in [0.4, 0.5) is 0 Å². The Kier molecular flexibility index (Phi) is 3.80. The first-order valence-corrected chi connectivity index (χ1v) is 4.58. The van der Waals surface area contributed by atoms with Crippen molar-refractivity contribution in [2.45, 2.75) is 32.7 Å². The zero-order chi connectivity index (χ0) is 8.81. The lowest BCUT2D eigenvalue weighted by molar-refractivity contribution is 0.612. The molecule has 0 amide bonds. The van der Waals surface area contributed by atoms with Gasteiger partial charge in [-0.15, -0.1) is 0 Å². The molecular formula is C9H17N3. The van der Waals surface area contributed by atoms with E-state index in [-0.39, 0.29) is 0 Å². The molecule has 0 aliphatic rings. The SMILES string of the molecule is CCCc1nccn1CCCN. The zero-order valence-electron chi connectivity index (χ0n) is 7.66. The Bertz CT molecular complexity index is 217. The molecule has 0 spiro atoms. The molecule has 0 aliphatic heterocycles. The van der Waals surface area contributed by atoms with E-state index in [1.807, 2.05) is 12.4 Å². The van der Waals surface area contributed by atoms with E-state index >= 15 is 0 Å². The molecule has 0 aliphatic carbocycles. The highest BCUT2D eigenvalue weighted by molar-refractivity contribution is 4.92. The van der Waals surface area contributed by atoms with Crippen LogP contribution in [0.15, 0.2) is 12.4 Å². The highest BCUT2D eigenvalue weighted by atomic mass is 15.1. The first-order valence-electron chi connectivity index (χ1n) is 4.58. The van der Waals surface area contributed by atoms with Crippen LogP contribution in [0.2, 0.25) is 0 Å². The molecule has 68 valence electrons.